The van der Waals surface area contributed by atoms with E-state index in [1.807, 2.05) is 24.3 Å². The molecule has 3 aliphatic heterocycles. The average Bonchev–Trinajstić information content (AvgIpc) is 3.55. The summed E-state index contributed by atoms with van der Waals surface area (Å²) in [7, 11) is 0. The van der Waals surface area contributed by atoms with E-state index in [1.165, 1.54) is 4.90 Å². The van der Waals surface area contributed by atoms with Crippen LogP contribution in [0.4, 0.5) is 0 Å². The van der Waals surface area contributed by atoms with Crippen molar-refractivity contribution in [3.63, 3.8) is 0 Å². The van der Waals surface area contributed by atoms with Gasteiger partial charge in [-0.1, -0.05) is 24.3 Å². The van der Waals surface area contributed by atoms with Gasteiger partial charge < -0.3 is 10.0 Å². The third-order valence-corrected chi connectivity index (χ3v) is 7.50. The van der Waals surface area contributed by atoms with Gasteiger partial charge in [0.25, 0.3) is 5.91 Å². The van der Waals surface area contributed by atoms with Gasteiger partial charge >= 0.3 is 0 Å². The number of nitrogens with one attached hydrogen (secondary N) is 2. The molecule has 3 amide bonds. The molecule has 3 aliphatic rings. The molecule has 3 N–H and O–H groups in total. The molecule has 37 heavy (non-hydrogen) atoms. The number of benzene rings is 1. The van der Waals surface area contributed by atoms with Crippen LogP contribution in [0.5, 0.6) is 0 Å². The Kier molecular flexibility index (Phi) is 5.76. The van der Waals surface area contributed by atoms with Gasteiger partial charge in [0, 0.05) is 31.6 Å². The lowest BCUT2D eigenvalue weighted by atomic mass is 9.87. The Morgan fingerprint density at radius 3 is 2.54 bits per heavy atom. The number of piperidine rings is 2. The number of imide groups is 1. The number of carbonyl (C=O) groups is 3. The molecule has 6 rings (SSSR count). The van der Waals surface area contributed by atoms with Crippen LogP contribution in [0.25, 0.3) is 11.4 Å². The van der Waals surface area contributed by atoms with Gasteiger partial charge in [0.05, 0.1) is 23.5 Å². The van der Waals surface area contributed by atoms with E-state index in [4.69, 9.17) is 0 Å². The Labute approximate surface area is 212 Å². The molecule has 190 valence electrons. The minimum atomic E-state index is -1.08. The van der Waals surface area contributed by atoms with Gasteiger partial charge in [-0.05, 0) is 42.2 Å². The van der Waals surface area contributed by atoms with Crippen molar-refractivity contribution >= 4 is 17.7 Å². The van der Waals surface area contributed by atoms with Crippen molar-refractivity contribution in [3.05, 3.63) is 58.9 Å². The minimum absolute atomic E-state index is 0.191. The molecule has 2 fully saturated rings. The molecule has 0 saturated carbocycles. The second-order valence-electron chi connectivity index (χ2n) is 9.83. The SMILES string of the molecule is O=C1CCC(N2Cc3nc(C4(O)CCN(Cc5ccc(-c6nn[nH]n6)cc5)CC4)ccc3C2=O)C(=O)N1. The van der Waals surface area contributed by atoms with Gasteiger partial charge in [-0.3, -0.25) is 29.6 Å². The first-order valence-corrected chi connectivity index (χ1v) is 12.3. The maximum Gasteiger partial charge on any atom is 0.256 e. The van der Waals surface area contributed by atoms with Crippen LogP contribution in [0.1, 0.15) is 53.0 Å². The van der Waals surface area contributed by atoms with E-state index in [9.17, 15) is 19.5 Å². The molecule has 1 atom stereocenters. The van der Waals surface area contributed by atoms with E-state index in [0.717, 1.165) is 17.7 Å². The third kappa shape index (κ3) is 4.38. The molecule has 3 aromatic rings. The molecule has 0 aliphatic carbocycles. The fourth-order valence-corrected chi connectivity index (χ4v) is 5.33. The summed E-state index contributed by atoms with van der Waals surface area (Å²) in [5.41, 5.74) is 2.51. The average molecular weight is 503 g/mol. The van der Waals surface area contributed by atoms with Crippen LogP contribution in [-0.4, -0.2) is 77.4 Å². The van der Waals surface area contributed by atoms with E-state index < -0.39 is 17.6 Å². The number of hydrogen-bond donors (Lipinski definition) is 3. The molecule has 5 heterocycles. The quantitative estimate of drug-likeness (QED) is 0.423. The van der Waals surface area contributed by atoms with Crippen molar-refractivity contribution in [1.29, 1.82) is 0 Å². The standard InChI is InChI=1S/C25H26N8O4/c34-21-8-6-19(23(35)27-21)33-14-18-17(24(33)36)5-7-20(26-18)25(37)9-11-32(12-10-25)13-15-1-3-16(4-2-15)22-28-30-31-29-22/h1-5,7,19,37H,6,8-14H2,(H,27,34,35)(H,28,29,30,31). The van der Waals surface area contributed by atoms with Crippen LogP contribution in [0.3, 0.4) is 0 Å². The smallest absolute Gasteiger partial charge is 0.256 e. The van der Waals surface area contributed by atoms with Gasteiger partial charge in [-0.15, -0.1) is 10.2 Å². The largest absolute Gasteiger partial charge is 0.383 e. The zero-order valence-electron chi connectivity index (χ0n) is 20.1. The maximum absolute atomic E-state index is 12.9. The zero-order valence-corrected chi connectivity index (χ0v) is 20.1. The number of tetrazole rings is 1. The Hall–Kier alpha value is -4.03. The number of H-pyrrole nitrogens is 1. The number of likely N-dealkylation sites (tertiary alicyclic amines) is 1. The predicted octanol–water partition coefficient (Wildman–Crippen LogP) is 0.506. The Bertz CT molecular complexity index is 1350. The Balaban J connectivity index is 1.10. The molecular weight excluding hydrogens is 476 g/mol. The number of aromatic amines is 1. The zero-order chi connectivity index (χ0) is 25.6. The van der Waals surface area contributed by atoms with Gasteiger partial charge in [-0.25, -0.2) is 0 Å². The first kappa shape index (κ1) is 23.4. The van der Waals surface area contributed by atoms with Crippen molar-refractivity contribution in [3.8, 4) is 11.4 Å². The topological polar surface area (TPSA) is 157 Å². The van der Waals surface area contributed by atoms with E-state index >= 15 is 0 Å². The number of amides is 3. The summed E-state index contributed by atoms with van der Waals surface area (Å²) in [5.74, 6) is -0.484. The second kappa shape index (κ2) is 9.12. The molecular formula is C25H26N8O4. The molecule has 12 heteroatoms. The van der Waals surface area contributed by atoms with Crippen LogP contribution < -0.4 is 5.32 Å². The number of pyridine rings is 1. The fourth-order valence-electron chi connectivity index (χ4n) is 5.33. The number of rotatable bonds is 5. The first-order chi connectivity index (χ1) is 17.9. The highest BCUT2D eigenvalue weighted by Gasteiger charge is 2.41. The van der Waals surface area contributed by atoms with E-state index in [2.05, 4.69) is 35.8 Å². The highest BCUT2D eigenvalue weighted by atomic mass is 16.3. The van der Waals surface area contributed by atoms with E-state index in [-0.39, 0.29) is 24.8 Å². The number of nitrogens with zero attached hydrogens (tertiary/aromatic N) is 6. The van der Waals surface area contributed by atoms with Crippen molar-refractivity contribution in [2.45, 2.75) is 50.4 Å². The highest BCUT2D eigenvalue weighted by molar-refractivity contribution is 6.05. The van der Waals surface area contributed by atoms with Crippen LogP contribution in [0, 0.1) is 0 Å². The van der Waals surface area contributed by atoms with Crippen LogP contribution >= 0.6 is 0 Å². The fraction of sp³-hybridized carbons (Fsp3) is 0.400. The van der Waals surface area contributed by atoms with Gasteiger partial charge in [0.2, 0.25) is 17.6 Å². The van der Waals surface area contributed by atoms with E-state index in [1.54, 1.807) is 12.1 Å². The summed E-state index contributed by atoms with van der Waals surface area (Å²) in [4.78, 5) is 45.1. The summed E-state index contributed by atoms with van der Waals surface area (Å²) < 4.78 is 0. The number of aliphatic hydroxyl groups is 1. The molecule has 2 saturated heterocycles. The summed E-state index contributed by atoms with van der Waals surface area (Å²) in [6.45, 7) is 2.35. The molecule has 12 nitrogen and oxygen atoms in total. The lowest BCUT2D eigenvalue weighted by Gasteiger charge is -2.38. The van der Waals surface area contributed by atoms with Gasteiger partial charge in [0.1, 0.15) is 11.6 Å². The van der Waals surface area contributed by atoms with Crippen molar-refractivity contribution in [1.82, 2.24) is 40.7 Å². The van der Waals surface area contributed by atoms with Crippen LogP contribution in [0.2, 0.25) is 0 Å². The summed E-state index contributed by atoms with van der Waals surface area (Å²) in [6, 6.07) is 10.7. The minimum Gasteiger partial charge on any atom is -0.383 e. The molecule has 1 aromatic carbocycles. The number of aromatic nitrogens is 5. The highest BCUT2D eigenvalue weighted by Crippen LogP contribution is 2.35. The van der Waals surface area contributed by atoms with Gasteiger partial charge in [-0.2, -0.15) is 5.21 Å². The third-order valence-electron chi connectivity index (χ3n) is 7.50. The van der Waals surface area contributed by atoms with Crippen molar-refractivity contribution < 1.29 is 19.5 Å². The molecule has 0 radical (unpaired) electrons. The number of fused-ring (bicyclic) bond motifs is 1. The Morgan fingerprint density at radius 1 is 1.05 bits per heavy atom. The van der Waals surface area contributed by atoms with Crippen LogP contribution in [-0.2, 0) is 28.3 Å². The molecule has 2 aromatic heterocycles. The number of hydrogen-bond acceptors (Lipinski definition) is 9. The lowest BCUT2D eigenvalue weighted by molar-refractivity contribution is -0.136. The Morgan fingerprint density at radius 2 is 1.84 bits per heavy atom. The van der Waals surface area contributed by atoms with Crippen molar-refractivity contribution in [2.75, 3.05) is 13.1 Å². The maximum atomic E-state index is 12.9. The number of carbonyl (C=O) groups excluding carboxylic acids is 3. The molecule has 0 bridgehead atoms. The molecule has 0 spiro atoms. The van der Waals surface area contributed by atoms with Crippen molar-refractivity contribution in [2.24, 2.45) is 0 Å². The molecule has 1 unspecified atom stereocenters. The predicted molar refractivity (Wildman–Crippen MR) is 128 cm³/mol. The normalized spacial score (nSPS) is 21.7. The summed E-state index contributed by atoms with van der Waals surface area (Å²) >= 11 is 0. The van der Waals surface area contributed by atoms with Crippen LogP contribution in [0.15, 0.2) is 36.4 Å². The second-order valence-corrected chi connectivity index (χ2v) is 9.83. The first-order valence-electron chi connectivity index (χ1n) is 12.3. The van der Waals surface area contributed by atoms with Gasteiger partial charge in [0.15, 0.2) is 0 Å². The summed E-state index contributed by atoms with van der Waals surface area (Å²) in [5, 5.41) is 27.8. The summed E-state index contributed by atoms with van der Waals surface area (Å²) in [6.07, 6.45) is 1.54. The monoisotopic (exact) mass is 502 g/mol. The van der Waals surface area contributed by atoms with E-state index in [0.29, 0.717) is 55.1 Å². The lowest BCUT2D eigenvalue weighted by Crippen LogP contribution is -2.52.